The fourth-order valence-corrected chi connectivity index (χ4v) is 2.51. The summed E-state index contributed by atoms with van der Waals surface area (Å²) < 4.78 is 5.39. The molecule has 0 amide bonds. The van der Waals surface area contributed by atoms with Crippen molar-refractivity contribution in [1.82, 2.24) is 4.98 Å². The van der Waals surface area contributed by atoms with Crippen LogP contribution in [-0.4, -0.2) is 10.8 Å². The van der Waals surface area contributed by atoms with Gasteiger partial charge in [0.05, 0.1) is 12.0 Å². The lowest BCUT2D eigenvalue weighted by Gasteiger charge is -2.22. The van der Waals surface area contributed by atoms with E-state index in [4.69, 9.17) is 4.42 Å². The second-order valence-electron chi connectivity index (χ2n) is 4.49. The molecule has 0 saturated heterocycles. The lowest BCUT2D eigenvalue weighted by atomic mass is 9.83. The third-order valence-electron chi connectivity index (χ3n) is 3.33. The van der Waals surface area contributed by atoms with Gasteiger partial charge in [0.15, 0.2) is 5.78 Å². The number of carbonyl (C=O) groups excluding carboxylic acids is 1. The second kappa shape index (κ2) is 3.84. The Bertz CT molecular complexity index is 558. The van der Waals surface area contributed by atoms with Gasteiger partial charge in [0.2, 0.25) is 0 Å². The monoisotopic (exact) mass is 227 g/mol. The molecule has 0 radical (unpaired) electrons. The number of hydrogen-bond acceptors (Lipinski definition) is 3. The number of carbonyl (C=O) groups is 1. The Balaban J connectivity index is 2.02. The summed E-state index contributed by atoms with van der Waals surface area (Å²) in [5.74, 6) is 1.20. The van der Waals surface area contributed by atoms with Gasteiger partial charge in [0.25, 0.3) is 0 Å². The van der Waals surface area contributed by atoms with Gasteiger partial charge in [0, 0.05) is 30.5 Å². The molecular weight excluding hydrogens is 214 g/mol. The van der Waals surface area contributed by atoms with E-state index in [1.807, 2.05) is 25.1 Å². The molecule has 3 nitrogen and oxygen atoms in total. The van der Waals surface area contributed by atoms with E-state index >= 15 is 0 Å². The van der Waals surface area contributed by atoms with E-state index in [1.54, 1.807) is 12.5 Å². The van der Waals surface area contributed by atoms with Crippen LogP contribution in [-0.2, 0) is 6.42 Å². The summed E-state index contributed by atoms with van der Waals surface area (Å²) in [5.41, 5.74) is 2.75. The Kier molecular flexibility index (Phi) is 2.32. The van der Waals surface area contributed by atoms with Crippen molar-refractivity contribution in [2.24, 2.45) is 0 Å². The Hall–Kier alpha value is -1.90. The third kappa shape index (κ3) is 1.68. The number of ketones is 1. The summed E-state index contributed by atoms with van der Waals surface area (Å²) >= 11 is 0. The van der Waals surface area contributed by atoms with Crippen LogP contribution < -0.4 is 0 Å². The molecule has 3 rings (SSSR count). The van der Waals surface area contributed by atoms with Crippen molar-refractivity contribution < 1.29 is 9.21 Å². The maximum atomic E-state index is 12.1. The van der Waals surface area contributed by atoms with Gasteiger partial charge >= 0.3 is 0 Å². The lowest BCUT2D eigenvalue weighted by Crippen LogP contribution is -2.20. The molecule has 0 spiro atoms. The van der Waals surface area contributed by atoms with Crippen LogP contribution in [0.15, 0.2) is 35.1 Å². The number of hydrogen-bond donors (Lipinski definition) is 0. The molecule has 2 heterocycles. The van der Waals surface area contributed by atoms with Crippen LogP contribution in [0, 0.1) is 6.92 Å². The molecule has 2 aromatic heterocycles. The Morgan fingerprint density at radius 3 is 3.00 bits per heavy atom. The van der Waals surface area contributed by atoms with Gasteiger partial charge in [0.1, 0.15) is 5.76 Å². The van der Waals surface area contributed by atoms with E-state index in [0.717, 1.165) is 29.0 Å². The van der Waals surface area contributed by atoms with Gasteiger partial charge in [-0.25, -0.2) is 0 Å². The summed E-state index contributed by atoms with van der Waals surface area (Å²) in [7, 11) is 0. The highest BCUT2D eigenvalue weighted by Crippen LogP contribution is 2.32. The quantitative estimate of drug-likeness (QED) is 0.752. The Morgan fingerprint density at radius 1 is 1.35 bits per heavy atom. The molecule has 0 N–H and O–H groups in total. The second-order valence-corrected chi connectivity index (χ2v) is 4.49. The maximum Gasteiger partial charge on any atom is 0.165 e. The molecule has 0 bridgehead atoms. The van der Waals surface area contributed by atoms with Crippen LogP contribution in [0.25, 0.3) is 0 Å². The summed E-state index contributed by atoms with van der Waals surface area (Å²) in [5, 5.41) is 0. The highest BCUT2D eigenvalue weighted by Gasteiger charge is 2.29. The molecule has 0 aromatic carbocycles. The average molecular weight is 227 g/mol. The zero-order chi connectivity index (χ0) is 11.8. The fraction of sp³-hybridized carbons (Fsp3) is 0.286. The van der Waals surface area contributed by atoms with Gasteiger partial charge < -0.3 is 4.42 Å². The first-order valence-electron chi connectivity index (χ1n) is 5.77. The van der Waals surface area contributed by atoms with E-state index in [0.29, 0.717) is 6.42 Å². The van der Waals surface area contributed by atoms with Crippen LogP contribution in [0.4, 0.5) is 0 Å². The Labute approximate surface area is 99.5 Å². The minimum Gasteiger partial charge on any atom is -0.469 e. The van der Waals surface area contributed by atoms with Crippen molar-refractivity contribution >= 4 is 5.78 Å². The van der Waals surface area contributed by atoms with Crippen molar-refractivity contribution in [2.45, 2.75) is 25.7 Å². The number of nitrogens with zero attached hydrogens (tertiary/aromatic N) is 1. The van der Waals surface area contributed by atoms with Gasteiger partial charge in [-0.15, -0.1) is 0 Å². The predicted octanol–water partition coefficient (Wildman–Crippen LogP) is 2.90. The van der Waals surface area contributed by atoms with Gasteiger partial charge in [-0.05, 0) is 30.7 Å². The number of furan rings is 1. The first kappa shape index (κ1) is 10.3. The minimum absolute atomic E-state index is 0.138. The molecule has 1 unspecified atom stereocenters. The van der Waals surface area contributed by atoms with Crippen LogP contribution in [0.5, 0.6) is 0 Å². The molecule has 1 atom stereocenters. The van der Waals surface area contributed by atoms with E-state index in [2.05, 4.69) is 4.98 Å². The molecule has 0 fully saturated rings. The number of aromatic nitrogens is 1. The fourth-order valence-electron chi connectivity index (χ4n) is 2.51. The van der Waals surface area contributed by atoms with Gasteiger partial charge in [-0.1, -0.05) is 0 Å². The molecule has 17 heavy (non-hydrogen) atoms. The van der Waals surface area contributed by atoms with Crippen molar-refractivity contribution in [2.75, 3.05) is 0 Å². The summed E-state index contributed by atoms with van der Waals surface area (Å²) in [6.07, 6.45) is 4.73. The zero-order valence-corrected chi connectivity index (χ0v) is 9.64. The minimum atomic E-state index is 0.138. The largest absolute Gasteiger partial charge is 0.469 e. The molecule has 1 aliphatic carbocycles. The SMILES string of the molecule is Cc1ccnc2c1C(=O)CC(c1ccco1)C2. The maximum absolute atomic E-state index is 12.1. The summed E-state index contributed by atoms with van der Waals surface area (Å²) in [6, 6.07) is 5.68. The molecule has 1 aliphatic rings. The number of pyridine rings is 1. The standard InChI is InChI=1S/C14H13NO2/c1-9-4-5-15-11-7-10(8-12(16)14(9)11)13-3-2-6-17-13/h2-6,10H,7-8H2,1H3. The average Bonchev–Trinajstić information content (AvgIpc) is 2.81. The molecule has 3 heteroatoms. The topological polar surface area (TPSA) is 43.1 Å². The first-order valence-corrected chi connectivity index (χ1v) is 5.77. The van der Waals surface area contributed by atoms with Crippen molar-refractivity contribution in [3.63, 3.8) is 0 Å². The van der Waals surface area contributed by atoms with Crippen LogP contribution in [0.2, 0.25) is 0 Å². The van der Waals surface area contributed by atoms with Crippen molar-refractivity contribution in [3.05, 3.63) is 53.2 Å². The van der Waals surface area contributed by atoms with E-state index < -0.39 is 0 Å². The van der Waals surface area contributed by atoms with Crippen LogP contribution in [0.1, 0.15) is 39.7 Å². The number of fused-ring (bicyclic) bond motifs is 1. The van der Waals surface area contributed by atoms with Crippen LogP contribution in [0.3, 0.4) is 0 Å². The number of aryl methyl sites for hydroxylation is 1. The summed E-state index contributed by atoms with van der Waals surface area (Å²) in [4.78, 5) is 16.5. The first-order chi connectivity index (χ1) is 8.25. The van der Waals surface area contributed by atoms with Gasteiger partial charge in [-0.3, -0.25) is 9.78 Å². The van der Waals surface area contributed by atoms with Crippen molar-refractivity contribution in [3.8, 4) is 0 Å². The molecule has 2 aromatic rings. The van der Waals surface area contributed by atoms with Gasteiger partial charge in [-0.2, -0.15) is 0 Å². The normalized spacial score (nSPS) is 19.1. The van der Waals surface area contributed by atoms with E-state index in [-0.39, 0.29) is 11.7 Å². The molecule has 0 aliphatic heterocycles. The molecule has 86 valence electrons. The predicted molar refractivity (Wildman–Crippen MR) is 63.1 cm³/mol. The lowest BCUT2D eigenvalue weighted by molar-refractivity contribution is 0.0958. The highest BCUT2D eigenvalue weighted by molar-refractivity contribution is 5.99. The zero-order valence-electron chi connectivity index (χ0n) is 9.64. The smallest absolute Gasteiger partial charge is 0.165 e. The van der Waals surface area contributed by atoms with Crippen LogP contribution >= 0.6 is 0 Å². The molecular formula is C14H13NO2. The number of Topliss-reactive ketones (excluding diaryl/α,β-unsaturated/α-hetero) is 1. The van der Waals surface area contributed by atoms with E-state index in [9.17, 15) is 4.79 Å². The van der Waals surface area contributed by atoms with E-state index in [1.165, 1.54) is 0 Å². The number of rotatable bonds is 1. The van der Waals surface area contributed by atoms with Crippen molar-refractivity contribution in [1.29, 1.82) is 0 Å². The summed E-state index contributed by atoms with van der Waals surface area (Å²) in [6.45, 7) is 1.96. The molecule has 0 saturated carbocycles. The highest BCUT2D eigenvalue weighted by atomic mass is 16.3. The Morgan fingerprint density at radius 2 is 2.24 bits per heavy atom. The third-order valence-corrected chi connectivity index (χ3v) is 3.33.